The molecule has 1 saturated heterocycles. The number of carbonyl (C=O) groups excluding carboxylic acids is 2. The number of hydrogen-bond donors (Lipinski definition) is 2. The number of hydrogen-bond acceptors (Lipinski definition) is 4. The number of aliphatic hydroxyl groups is 1. The van der Waals surface area contributed by atoms with Crippen LogP contribution in [-0.4, -0.2) is 48.9 Å². The summed E-state index contributed by atoms with van der Waals surface area (Å²) in [6.07, 6.45) is 1.50. The summed E-state index contributed by atoms with van der Waals surface area (Å²) in [5.41, 5.74) is 1.62. The fourth-order valence-corrected chi connectivity index (χ4v) is 3.06. The normalized spacial score (nSPS) is 19.5. The first-order valence-corrected chi connectivity index (χ1v) is 8.58. The highest BCUT2D eigenvalue weighted by atomic mass is 16.3. The molecule has 6 nitrogen and oxygen atoms in total. The van der Waals surface area contributed by atoms with Gasteiger partial charge in [0.15, 0.2) is 0 Å². The summed E-state index contributed by atoms with van der Waals surface area (Å²) in [5, 5.41) is 10.8. The van der Waals surface area contributed by atoms with Crippen molar-refractivity contribution in [1.29, 1.82) is 0 Å². The lowest BCUT2D eigenvalue weighted by molar-refractivity contribution is -0.857. The number of nitrogens with zero attached hydrogens (tertiary/aromatic N) is 1. The van der Waals surface area contributed by atoms with Crippen LogP contribution in [0.4, 0.5) is 0 Å². The van der Waals surface area contributed by atoms with Crippen LogP contribution in [0.25, 0.3) is 5.76 Å². The number of carbonyl (C=O) groups is 2. The molecule has 1 aliphatic rings. The van der Waals surface area contributed by atoms with Gasteiger partial charge in [0.05, 0.1) is 39.0 Å². The quantitative estimate of drug-likeness (QED) is 0.479. The molecule has 0 saturated carbocycles. The van der Waals surface area contributed by atoms with Gasteiger partial charge in [0.25, 0.3) is 11.7 Å². The fourth-order valence-electron chi connectivity index (χ4n) is 3.06. The van der Waals surface area contributed by atoms with Crippen LogP contribution in [0.15, 0.2) is 52.7 Å². The van der Waals surface area contributed by atoms with E-state index in [-0.39, 0.29) is 11.3 Å². The lowest BCUT2D eigenvalue weighted by Crippen LogP contribution is -3.06. The van der Waals surface area contributed by atoms with Crippen molar-refractivity contribution < 1.29 is 24.0 Å². The van der Waals surface area contributed by atoms with Crippen molar-refractivity contribution in [3.05, 3.63) is 65.1 Å². The highest BCUT2D eigenvalue weighted by Crippen LogP contribution is 2.39. The third-order valence-electron chi connectivity index (χ3n) is 4.53. The van der Waals surface area contributed by atoms with Gasteiger partial charge in [-0.15, -0.1) is 0 Å². The first-order chi connectivity index (χ1) is 12.4. The van der Waals surface area contributed by atoms with E-state index in [1.54, 1.807) is 24.3 Å². The van der Waals surface area contributed by atoms with E-state index in [1.807, 2.05) is 33.2 Å². The summed E-state index contributed by atoms with van der Waals surface area (Å²) in [5.74, 6) is -1.00. The van der Waals surface area contributed by atoms with Crippen LogP contribution in [0.1, 0.15) is 22.9 Å². The Morgan fingerprint density at radius 2 is 1.88 bits per heavy atom. The minimum absolute atomic E-state index is 0.0718. The maximum atomic E-state index is 12.7. The number of aliphatic hydroxyl groups excluding tert-OH is 1. The molecule has 1 aromatic heterocycles. The Kier molecular flexibility index (Phi) is 4.95. The number of quaternary nitrogens is 1. The maximum Gasteiger partial charge on any atom is 0.295 e. The Balaban J connectivity index is 2.09. The van der Waals surface area contributed by atoms with Crippen molar-refractivity contribution in [1.82, 2.24) is 4.90 Å². The zero-order valence-corrected chi connectivity index (χ0v) is 15.2. The van der Waals surface area contributed by atoms with Gasteiger partial charge in [-0.05, 0) is 19.1 Å². The van der Waals surface area contributed by atoms with Gasteiger partial charge in [-0.1, -0.05) is 29.8 Å². The molecule has 0 spiro atoms. The highest BCUT2D eigenvalue weighted by molar-refractivity contribution is 6.46. The standard InChI is InChI=1S/C20H22N2O4/c1-13-6-8-14(9-7-13)18(23)16-17(15-5-4-12-26-15)22(11-10-21(2)3)20(25)19(16)24/h4-9,12,17,23H,10-11H2,1-3H3/p+1/t17-/m1/s1. The van der Waals surface area contributed by atoms with Crippen molar-refractivity contribution in [2.75, 3.05) is 27.2 Å². The summed E-state index contributed by atoms with van der Waals surface area (Å²) in [6, 6.07) is 9.88. The van der Waals surface area contributed by atoms with E-state index >= 15 is 0 Å². The minimum atomic E-state index is -0.717. The molecule has 1 atom stereocenters. The van der Waals surface area contributed by atoms with E-state index in [1.165, 1.54) is 11.2 Å². The molecule has 0 aliphatic carbocycles. The van der Waals surface area contributed by atoms with Gasteiger partial charge in [-0.3, -0.25) is 9.59 Å². The van der Waals surface area contributed by atoms with E-state index < -0.39 is 17.7 Å². The molecule has 0 unspecified atom stereocenters. The molecule has 1 amide bonds. The average Bonchev–Trinajstić information content (AvgIpc) is 3.21. The van der Waals surface area contributed by atoms with Gasteiger partial charge in [-0.25, -0.2) is 0 Å². The maximum absolute atomic E-state index is 12.7. The molecular formula is C20H23N2O4+. The molecule has 2 aromatic rings. The molecule has 0 bridgehead atoms. The highest BCUT2D eigenvalue weighted by Gasteiger charge is 2.47. The van der Waals surface area contributed by atoms with Crippen LogP contribution in [0.3, 0.4) is 0 Å². The van der Waals surface area contributed by atoms with Crippen molar-refractivity contribution >= 4 is 17.4 Å². The summed E-state index contributed by atoms with van der Waals surface area (Å²) in [7, 11) is 3.95. The summed E-state index contributed by atoms with van der Waals surface area (Å²) < 4.78 is 5.49. The monoisotopic (exact) mass is 355 g/mol. The van der Waals surface area contributed by atoms with Crippen LogP contribution in [0.5, 0.6) is 0 Å². The second kappa shape index (κ2) is 7.17. The van der Waals surface area contributed by atoms with E-state index in [0.717, 1.165) is 10.5 Å². The molecule has 2 heterocycles. The molecule has 6 heteroatoms. The minimum Gasteiger partial charge on any atom is -0.507 e. The zero-order chi connectivity index (χ0) is 18.8. The molecule has 26 heavy (non-hydrogen) atoms. The first kappa shape index (κ1) is 17.9. The number of furan rings is 1. The van der Waals surface area contributed by atoms with Crippen molar-refractivity contribution in [3.63, 3.8) is 0 Å². The molecule has 1 aliphatic heterocycles. The second-order valence-electron chi connectivity index (χ2n) is 6.83. The van der Waals surface area contributed by atoms with Crippen molar-refractivity contribution in [2.45, 2.75) is 13.0 Å². The first-order valence-electron chi connectivity index (χ1n) is 8.58. The number of rotatable bonds is 5. The largest absolute Gasteiger partial charge is 0.507 e. The fraction of sp³-hybridized carbons (Fsp3) is 0.300. The smallest absolute Gasteiger partial charge is 0.295 e. The predicted molar refractivity (Wildman–Crippen MR) is 96.6 cm³/mol. The van der Waals surface area contributed by atoms with E-state index in [9.17, 15) is 14.7 Å². The van der Waals surface area contributed by atoms with Crippen LogP contribution in [0, 0.1) is 6.92 Å². The zero-order valence-electron chi connectivity index (χ0n) is 15.2. The third-order valence-corrected chi connectivity index (χ3v) is 4.53. The van der Waals surface area contributed by atoms with Gasteiger partial charge >= 0.3 is 0 Å². The van der Waals surface area contributed by atoms with Crippen LogP contribution < -0.4 is 4.90 Å². The van der Waals surface area contributed by atoms with Gasteiger partial charge in [-0.2, -0.15) is 0 Å². The van der Waals surface area contributed by atoms with Gasteiger partial charge < -0.3 is 19.3 Å². The number of likely N-dealkylation sites (tertiary alicyclic amines) is 1. The molecule has 3 rings (SSSR count). The average molecular weight is 355 g/mol. The summed E-state index contributed by atoms with van der Waals surface area (Å²) in [4.78, 5) is 27.9. The Morgan fingerprint density at radius 3 is 2.46 bits per heavy atom. The number of Topliss-reactive ketones (excluding diaryl/α,β-unsaturated/α-hetero) is 1. The number of aryl methyl sites for hydroxylation is 1. The molecule has 2 N–H and O–H groups in total. The Bertz CT molecular complexity index is 835. The number of benzene rings is 1. The number of ketones is 1. The SMILES string of the molecule is Cc1ccc(C(O)=C2C(=O)C(=O)N(CC[NH+](C)C)[C@@H]2c2ccco2)cc1. The van der Waals surface area contributed by atoms with Crippen LogP contribution >= 0.6 is 0 Å². The van der Waals surface area contributed by atoms with E-state index in [0.29, 0.717) is 24.4 Å². The Hall–Kier alpha value is -2.86. The predicted octanol–water partition coefficient (Wildman–Crippen LogP) is 1.15. The van der Waals surface area contributed by atoms with Crippen molar-refractivity contribution in [2.24, 2.45) is 0 Å². The lowest BCUT2D eigenvalue weighted by atomic mass is 9.99. The molecular weight excluding hydrogens is 332 g/mol. The third kappa shape index (κ3) is 3.28. The van der Waals surface area contributed by atoms with Gasteiger partial charge in [0, 0.05) is 5.56 Å². The van der Waals surface area contributed by atoms with Crippen molar-refractivity contribution in [3.8, 4) is 0 Å². The van der Waals surface area contributed by atoms with E-state index in [2.05, 4.69) is 0 Å². The number of likely N-dealkylation sites (N-methyl/N-ethyl adjacent to an activating group) is 1. The van der Waals surface area contributed by atoms with Gasteiger partial charge in [0.1, 0.15) is 17.6 Å². The summed E-state index contributed by atoms with van der Waals surface area (Å²) in [6.45, 7) is 3.01. The number of amides is 1. The van der Waals surface area contributed by atoms with Crippen LogP contribution in [0.2, 0.25) is 0 Å². The van der Waals surface area contributed by atoms with E-state index in [4.69, 9.17) is 4.42 Å². The molecule has 1 fully saturated rings. The Labute approximate surface area is 152 Å². The van der Waals surface area contributed by atoms with Gasteiger partial charge in [0.2, 0.25) is 0 Å². The molecule has 1 aromatic carbocycles. The summed E-state index contributed by atoms with van der Waals surface area (Å²) >= 11 is 0. The molecule has 136 valence electrons. The topological polar surface area (TPSA) is 75.2 Å². The van der Waals surface area contributed by atoms with Crippen LogP contribution in [-0.2, 0) is 9.59 Å². The number of nitrogens with one attached hydrogen (secondary N) is 1. The lowest BCUT2D eigenvalue weighted by Gasteiger charge is -2.23. The second-order valence-corrected chi connectivity index (χ2v) is 6.83. The molecule has 0 radical (unpaired) electrons. The Morgan fingerprint density at radius 1 is 1.19 bits per heavy atom.